The largest absolute Gasteiger partial charge is 0.456 e. The lowest BCUT2D eigenvalue weighted by atomic mass is 9.77. The third kappa shape index (κ3) is 4.31. The van der Waals surface area contributed by atoms with E-state index in [1.54, 1.807) is 6.07 Å². The van der Waals surface area contributed by atoms with Gasteiger partial charge in [0.2, 0.25) is 5.91 Å². The summed E-state index contributed by atoms with van der Waals surface area (Å²) in [5.74, 6) is -2.23. The van der Waals surface area contributed by atoms with Gasteiger partial charge in [-0.1, -0.05) is 48.5 Å². The van der Waals surface area contributed by atoms with Crippen LogP contribution in [0.15, 0.2) is 48.5 Å². The van der Waals surface area contributed by atoms with Gasteiger partial charge in [-0.3, -0.25) is 19.2 Å². The van der Waals surface area contributed by atoms with Crippen molar-refractivity contribution in [2.45, 2.75) is 52.0 Å². The van der Waals surface area contributed by atoms with Crippen LogP contribution < -0.4 is 5.32 Å². The number of amides is 1. The maximum atomic E-state index is 12.3. The molecule has 0 saturated heterocycles. The minimum Gasteiger partial charge on any atom is -0.456 e. The van der Waals surface area contributed by atoms with Gasteiger partial charge in [0.15, 0.2) is 18.3 Å². The molecule has 4 atom stereocenters. The van der Waals surface area contributed by atoms with Crippen LogP contribution in [0.3, 0.4) is 0 Å². The van der Waals surface area contributed by atoms with Crippen molar-refractivity contribution in [3.8, 4) is 0 Å². The summed E-state index contributed by atoms with van der Waals surface area (Å²) in [6.07, 6.45) is -3.34. The molecule has 1 N–H and O–H groups in total. The number of carbonyl (C=O) groups is 4. The highest BCUT2D eigenvalue weighted by molar-refractivity contribution is 6.10. The van der Waals surface area contributed by atoms with Gasteiger partial charge >= 0.3 is 17.9 Å². The Labute approximate surface area is 196 Å². The zero-order valence-corrected chi connectivity index (χ0v) is 19.3. The van der Waals surface area contributed by atoms with Crippen molar-refractivity contribution in [2.75, 3.05) is 0 Å². The van der Waals surface area contributed by atoms with E-state index in [0.717, 1.165) is 21.5 Å². The van der Waals surface area contributed by atoms with E-state index in [4.69, 9.17) is 14.2 Å². The predicted molar refractivity (Wildman–Crippen MR) is 124 cm³/mol. The Hall–Kier alpha value is -3.94. The SMILES string of the molecule is CC(=O)NC1c2c(ccc3ccc4ccccc4c23)C(OC(C)=O)C(OC(C)=O)C1OC(C)=O. The molecule has 0 heterocycles. The Balaban J connectivity index is 2.10. The van der Waals surface area contributed by atoms with Crippen LogP contribution in [-0.2, 0) is 33.4 Å². The molecule has 1 amide bonds. The number of ether oxygens (including phenoxy) is 3. The lowest BCUT2D eigenvalue weighted by Crippen LogP contribution is -2.52. The monoisotopic (exact) mass is 463 g/mol. The van der Waals surface area contributed by atoms with Gasteiger partial charge in [-0.15, -0.1) is 0 Å². The van der Waals surface area contributed by atoms with E-state index in [0.29, 0.717) is 11.1 Å². The van der Waals surface area contributed by atoms with Crippen molar-refractivity contribution in [1.29, 1.82) is 0 Å². The lowest BCUT2D eigenvalue weighted by molar-refractivity contribution is -0.189. The van der Waals surface area contributed by atoms with E-state index >= 15 is 0 Å². The minimum atomic E-state index is -1.16. The molecule has 0 aliphatic heterocycles. The molecular formula is C26H25NO7. The molecule has 8 nitrogen and oxygen atoms in total. The molecule has 0 bridgehead atoms. The topological polar surface area (TPSA) is 108 Å². The summed E-state index contributed by atoms with van der Waals surface area (Å²) in [5.41, 5.74) is 1.21. The van der Waals surface area contributed by atoms with Gasteiger partial charge in [0.25, 0.3) is 0 Å². The zero-order valence-electron chi connectivity index (χ0n) is 19.3. The second kappa shape index (κ2) is 9.13. The second-order valence-electron chi connectivity index (χ2n) is 8.31. The molecule has 0 spiro atoms. The van der Waals surface area contributed by atoms with Crippen molar-refractivity contribution in [1.82, 2.24) is 5.32 Å². The standard InChI is InChI=1S/C26H25NO7/c1-13(28)27-23-22-20(12-11-18-10-9-17-7-5-6-8-19(17)21(18)22)24(32-14(2)29)26(34-16(4)31)25(23)33-15(3)30/h5-12,23-26H,1-4H3,(H,27,28). The lowest BCUT2D eigenvalue weighted by Gasteiger charge is -2.42. The van der Waals surface area contributed by atoms with Crippen LogP contribution >= 0.6 is 0 Å². The van der Waals surface area contributed by atoms with Crippen LogP contribution in [0.4, 0.5) is 0 Å². The third-order valence-corrected chi connectivity index (χ3v) is 5.81. The first-order chi connectivity index (χ1) is 16.2. The summed E-state index contributed by atoms with van der Waals surface area (Å²) in [6, 6.07) is 14.5. The molecule has 0 aromatic heterocycles. The van der Waals surface area contributed by atoms with Crippen molar-refractivity contribution in [3.05, 3.63) is 59.7 Å². The van der Waals surface area contributed by atoms with Crippen LogP contribution in [0.2, 0.25) is 0 Å². The van der Waals surface area contributed by atoms with Crippen LogP contribution in [0.1, 0.15) is 51.0 Å². The molecule has 0 radical (unpaired) electrons. The average Bonchev–Trinajstić information content (AvgIpc) is 2.76. The minimum absolute atomic E-state index is 0.363. The molecule has 1 aliphatic rings. The fourth-order valence-corrected chi connectivity index (χ4v) is 4.76. The molecule has 0 saturated carbocycles. The molecule has 3 aromatic rings. The molecule has 1 aliphatic carbocycles. The highest BCUT2D eigenvalue weighted by Gasteiger charge is 2.50. The van der Waals surface area contributed by atoms with Gasteiger partial charge in [-0.05, 0) is 27.1 Å². The first-order valence-electron chi connectivity index (χ1n) is 10.9. The van der Waals surface area contributed by atoms with Gasteiger partial charge in [0.1, 0.15) is 0 Å². The first-order valence-corrected chi connectivity index (χ1v) is 10.9. The average molecular weight is 463 g/mol. The maximum absolute atomic E-state index is 12.3. The summed E-state index contributed by atoms with van der Waals surface area (Å²) in [4.78, 5) is 48.5. The van der Waals surface area contributed by atoms with E-state index < -0.39 is 42.3 Å². The van der Waals surface area contributed by atoms with Gasteiger partial charge in [0, 0.05) is 33.3 Å². The summed E-state index contributed by atoms with van der Waals surface area (Å²) in [6.45, 7) is 5.05. The molecule has 34 heavy (non-hydrogen) atoms. The van der Waals surface area contributed by atoms with Crippen LogP contribution in [0.25, 0.3) is 21.5 Å². The van der Waals surface area contributed by atoms with Crippen LogP contribution in [0.5, 0.6) is 0 Å². The normalized spacial score (nSPS) is 21.4. The van der Waals surface area contributed by atoms with Crippen molar-refractivity contribution >= 4 is 45.4 Å². The van der Waals surface area contributed by atoms with E-state index in [9.17, 15) is 19.2 Å². The van der Waals surface area contributed by atoms with Gasteiger partial charge in [0.05, 0.1) is 6.04 Å². The Morgan fingerprint density at radius 3 is 1.94 bits per heavy atom. The zero-order chi connectivity index (χ0) is 24.6. The number of carbonyl (C=O) groups excluding carboxylic acids is 4. The Bertz CT molecular complexity index is 1320. The quantitative estimate of drug-likeness (QED) is 0.357. The molecule has 176 valence electrons. The van der Waals surface area contributed by atoms with E-state index in [2.05, 4.69) is 5.32 Å². The number of hydrogen-bond donors (Lipinski definition) is 1. The van der Waals surface area contributed by atoms with Gasteiger partial charge in [-0.25, -0.2) is 0 Å². The number of benzene rings is 3. The van der Waals surface area contributed by atoms with Crippen molar-refractivity contribution in [3.63, 3.8) is 0 Å². The van der Waals surface area contributed by atoms with Crippen molar-refractivity contribution in [2.24, 2.45) is 0 Å². The van der Waals surface area contributed by atoms with E-state index in [-0.39, 0.29) is 5.91 Å². The Morgan fingerprint density at radius 1 is 0.706 bits per heavy atom. The Kier molecular flexibility index (Phi) is 6.24. The fraction of sp³-hybridized carbons (Fsp3) is 0.308. The highest BCUT2D eigenvalue weighted by atomic mass is 16.6. The summed E-state index contributed by atoms with van der Waals surface area (Å²) < 4.78 is 16.8. The van der Waals surface area contributed by atoms with Crippen LogP contribution in [0, 0.1) is 0 Å². The molecule has 0 fully saturated rings. The van der Waals surface area contributed by atoms with Gasteiger partial charge < -0.3 is 19.5 Å². The Morgan fingerprint density at radius 2 is 1.29 bits per heavy atom. The van der Waals surface area contributed by atoms with Gasteiger partial charge in [-0.2, -0.15) is 0 Å². The summed E-state index contributed by atoms with van der Waals surface area (Å²) >= 11 is 0. The molecule has 4 unspecified atom stereocenters. The number of fused-ring (bicyclic) bond motifs is 5. The van der Waals surface area contributed by atoms with Crippen LogP contribution in [-0.4, -0.2) is 36.0 Å². The first kappa shape index (κ1) is 23.2. The molecule has 8 heteroatoms. The predicted octanol–water partition coefficient (Wildman–Crippen LogP) is 3.65. The van der Waals surface area contributed by atoms with E-state index in [1.807, 2.05) is 42.5 Å². The summed E-state index contributed by atoms with van der Waals surface area (Å²) in [7, 11) is 0. The highest BCUT2D eigenvalue weighted by Crippen LogP contribution is 2.46. The maximum Gasteiger partial charge on any atom is 0.303 e. The smallest absolute Gasteiger partial charge is 0.303 e. The van der Waals surface area contributed by atoms with E-state index in [1.165, 1.54) is 27.7 Å². The van der Waals surface area contributed by atoms with Crippen molar-refractivity contribution < 1.29 is 33.4 Å². The summed E-state index contributed by atoms with van der Waals surface area (Å²) in [5, 5.41) is 6.48. The number of hydrogen-bond acceptors (Lipinski definition) is 7. The third-order valence-electron chi connectivity index (χ3n) is 5.81. The molecule has 4 rings (SSSR count). The number of esters is 3. The number of nitrogens with one attached hydrogen (secondary N) is 1. The molecule has 3 aromatic carbocycles. The molecular weight excluding hydrogens is 438 g/mol. The second-order valence-corrected chi connectivity index (χ2v) is 8.31. The number of rotatable bonds is 4. The fourth-order valence-electron chi connectivity index (χ4n) is 4.76.